The fraction of sp³-hybridized carbons (Fsp3) is 0.190. The van der Waals surface area contributed by atoms with E-state index >= 15 is 0 Å². The molecule has 1 aliphatic carbocycles. The molecule has 4 aromatic rings. The number of aryl methyl sites for hydroxylation is 1. The molecule has 0 radical (unpaired) electrons. The molecule has 2 heterocycles. The third kappa shape index (κ3) is 3.29. The van der Waals surface area contributed by atoms with Crippen molar-refractivity contribution in [3.05, 3.63) is 77.9 Å². The quantitative estimate of drug-likeness (QED) is 0.569. The standard InChI is InChI=1S/C21H19N7O/c1-14-4-2-3-5-19(14)28-20(15-6-7-15)18(12-23-28)21(29)24-16-8-10-17(11-9-16)27-13-22-25-26-27/h2-5,8-13,15H,6-7H2,1H3,(H,24,29). The van der Waals surface area contributed by atoms with Crippen LogP contribution in [0.5, 0.6) is 0 Å². The fourth-order valence-electron chi connectivity index (χ4n) is 3.45. The molecule has 0 atom stereocenters. The summed E-state index contributed by atoms with van der Waals surface area (Å²) < 4.78 is 3.48. The molecule has 144 valence electrons. The molecule has 1 fully saturated rings. The lowest BCUT2D eigenvalue weighted by Crippen LogP contribution is -2.14. The number of hydrogen-bond acceptors (Lipinski definition) is 5. The van der Waals surface area contributed by atoms with Gasteiger partial charge in [0.1, 0.15) is 6.33 Å². The van der Waals surface area contributed by atoms with Crippen molar-refractivity contribution in [1.29, 1.82) is 0 Å². The number of benzene rings is 2. The number of rotatable bonds is 5. The predicted octanol–water partition coefficient (Wildman–Crippen LogP) is 3.29. The van der Waals surface area contributed by atoms with Gasteiger partial charge in [-0.1, -0.05) is 18.2 Å². The first-order valence-corrected chi connectivity index (χ1v) is 9.49. The van der Waals surface area contributed by atoms with Crippen LogP contribution in [0.1, 0.15) is 40.4 Å². The second-order valence-electron chi connectivity index (χ2n) is 7.17. The van der Waals surface area contributed by atoms with Crippen LogP contribution in [0.15, 0.2) is 61.1 Å². The van der Waals surface area contributed by atoms with Gasteiger partial charge < -0.3 is 5.32 Å². The molecule has 29 heavy (non-hydrogen) atoms. The molecule has 0 bridgehead atoms. The van der Waals surface area contributed by atoms with Gasteiger partial charge in [-0.25, -0.2) is 9.36 Å². The van der Waals surface area contributed by atoms with Crippen LogP contribution in [-0.4, -0.2) is 35.9 Å². The normalized spacial score (nSPS) is 13.4. The summed E-state index contributed by atoms with van der Waals surface area (Å²) in [5.74, 6) is 0.224. The molecule has 8 nitrogen and oxygen atoms in total. The van der Waals surface area contributed by atoms with E-state index in [1.54, 1.807) is 10.9 Å². The second-order valence-corrected chi connectivity index (χ2v) is 7.17. The summed E-state index contributed by atoms with van der Waals surface area (Å²) in [6, 6.07) is 15.5. The minimum absolute atomic E-state index is 0.151. The van der Waals surface area contributed by atoms with Gasteiger partial charge in [-0.2, -0.15) is 5.10 Å². The van der Waals surface area contributed by atoms with Gasteiger partial charge in [0.25, 0.3) is 5.91 Å². The highest BCUT2D eigenvalue weighted by Gasteiger charge is 2.33. The van der Waals surface area contributed by atoms with E-state index in [9.17, 15) is 4.79 Å². The van der Waals surface area contributed by atoms with Crippen LogP contribution in [0.2, 0.25) is 0 Å². The zero-order chi connectivity index (χ0) is 19.8. The maximum Gasteiger partial charge on any atom is 0.259 e. The highest BCUT2D eigenvalue weighted by Crippen LogP contribution is 2.42. The van der Waals surface area contributed by atoms with Crippen molar-refractivity contribution < 1.29 is 4.79 Å². The Morgan fingerprint density at radius 2 is 1.90 bits per heavy atom. The Morgan fingerprint density at radius 1 is 1.10 bits per heavy atom. The second kappa shape index (κ2) is 6.97. The minimum Gasteiger partial charge on any atom is -0.322 e. The van der Waals surface area contributed by atoms with Gasteiger partial charge in [0.2, 0.25) is 0 Å². The molecule has 0 aliphatic heterocycles. The molecular weight excluding hydrogens is 366 g/mol. The van der Waals surface area contributed by atoms with Crippen molar-refractivity contribution in [1.82, 2.24) is 30.0 Å². The molecule has 2 aromatic carbocycles. The number of aromatic nitrogens is 6. The topological polar surface area (TPSA) is 90.5 Å². The molecular formula is C21H19N7O. The number of hydrogen-bond donors (Lipinski definition) is 1. The van der Waals surface area contributed by atoms with E-state index in [0.717, 1.165) is 35.5 Å². The summed E-state index contributed by atoms with van der Waals surface area (Å²) in [7, 11) is 0. The van der Waals surface area contributed by atoms with Gasteiger partial charge in [0, 0.05) is 11.6 Å². The van der Waals surface area contributed by atoms with Gasteiger partial charge in [0.05, 0.1) is 28.8 Å². The molecule has 1 N–H and O–H groups in total. The van der Waals surface area contributed by atoms with E-state index in [0.29, 0.717) is 17.2 Å². The molecule has 8 heteroatoms. The molecule has 1 aliphatic rings. The minimum atomic E-state index is -0.151. The Kier molecular flexibility index (Phi) is 4.16. The van der Waals surface area contributed by atoms with E-state index in [1.165, 1.54) is 6.33 Å². The van der Waals surface area contributed by atoms with Crippen LogP contribution >= 0.6 is 0 Å². The van der Waals surface area contributed by atoms with E-state index in [1.807, 2.05) is 47.1 Å². The molecule has 1 amide bonds. The molecule has 2 aromatic heterocycles. The molecule has 0 saturated heterocycles. The zero-order valence-corrected chi connectivity index (χ0v) is 15.9. The van der Waals surface area contributed by atoms with Gasteiger partial charge in [-0.15, -0.1) is 5.10 Å². The average molecular weight is 385 g/mol. The van der Waals surface area contributed by atoms with Crippen LogP contribution in [0.3, 0.4) is 0 Å². The van der Waals surface area contributed by atoms with Crippen molar-refractivity contribution in [3.63, 3.8) is 0 Å². The van der Waals surface area contributed by atoms with Crippen LogP contribution in [0.4, 0.5) is 5.69 Å². The van der Waals surface area contributed by atoms with E-state index in [-0.39, 0.29) is 5.91 Å². The summed E-state index contributed by atoms with van der Waals surface area (Å²) in [6.45, 7) is 2.06. The Labute approximate surface area is 167 Å². The smallest absolute Gasteiger partial charge is 0.259 e. The third-order valence-corrected chi connectivity index (χ3v) is 5.10. The largest absolute Gasteiger partial charge is 0.322 e. The number of nitrogens with zero attached hydrogens (tertiary/aromatic N) is 6. The van der Waals surface area contributed by atoms with Gasteiger partial charge >= 0.3 is 0 Å². The predicted molar refractivity (Wildman–Crippen MR) is 107 cm³/mol. The maximum absolute atomic E-state index is 13.0. The summed E-state index contributed by atoms with van der Waals surface area (Å²) in [6.07, 6.45) is 5.36. The lowest BCUT2D eigenvalue weighted by Gasteiger charge is -2.11. The van der Waals surface area contributed by atoms with Crippen molar-refractivity contribution in [2.75, 3.05) is 5.32 Å². The van der Waals surface area contributed by atoms with Crippen molar-refractivity contribution in [3.8, 4) is 11.4 Å². The highest BCUT2D eigenvalue weighted by atomic mass is 16.1. The fourth-order valence-corrected chi connectivity index (χ4v) is 3.45. The highest BCUT2D eigenvalue weighted by molar-refractivity contribution is 6.05. The molecule has 5 rings (SSSR count). The SMILES string of the molecule is Cc1ccccc1-n1ncc(C(=O)Nc2ccc(-n3cnnn3)cc2)c1C1CC1. The van der Waals surface area contributed by atoms with Crippen LogP contribution in [-0.2, 0) is 0 Å². The number of carbonyl (C=O) groups excluding carboxylic acids is 1. The number of nitrogens with one attached hydrogen (secondary N) is 1. The summed E-state index contributed by atoms with van der Waals surface area (Å²) in [5, 5.41) is 18.6. The molecule has 0 unspecified atom stereocenters. The Morgan fingerprint density at radius 3 is 2.59 bits per heavy atom. The summed E-state index contributed by atoms with van der Waals surface area (Å²) in [4.78, 5) is 13.0. The first kappa shape index (κ1) is 17.3. The van der Waals surface area contributed by atoms with Gasteiger partial charge in [-0.05, 0) is 66.1 Å². The van der Waals surface area contributed by atoms with Crippen molar-refractivity contribution in [2.45, 2.75) is 25.7 Å². The van der Waals surface area contributed by atoms with Crippen LogP contribution < -0.4 is 5.32 Å². The van der Waals surface area contributed by atoms with E-state index in [2.05, 4.69) is 38.9 Å². The maximum atomic E-state index is 13.0. The van der Waals surface area contributed by atoms with E-state index in [4.69, 9.17) is 0 Å². The van der Waals surface area contributed by atoms with Crippen molar-refractivity contribution >= 4 is 11.6 Å². The number of carbonyl (C=O) groups is 1. The van der Waals surface area contributed by atoms with Gasteiger partial charge in [0.15, 0.2) is 0 Å². The first-order valence-electron chi connectivity index (χ1n) is 9.49. The average Bonchev–Trinajstić information content (AvgIpc) is 3.25. The van der Waals surface area contributed by atoms with Crippen LogP contribution in [0, 0.1) is 6.92 Å². The first-order chi connectivity index (χ1) is 14.2. The lowest BCUT2D eigenvalue weighted by molar-refractivity contribution is 0.102. The number of para-hydroxylation sites is 1. The number of tetrazole rings is 1. The Hall–Kier alpha value is -3.81. The van der Waals surface area contributed by atoms with Crippen LogP contribution in [0.25, 0.3) is 11.4 Å². The number of amides is 1. The zero-order valence-electron chi connectivity index (χ0n) is 15.9. The van der Waals surface area contributed by atoms with E-state index < -0.39 is 0 Å². The van der Waals surface area contributed by atoms with Gasteiger partial charge in [-0.3, -0.25) is 4.79 Å². The van der Waals surface area contributed by atoms with Crippen molar-refractivity contribution in [2.24, 2.45) is 0 Å². The summed E-state index contributed by atoms with van der Waals surface area (Å²) in [5.41, 5.74) is 5.28. The summed E-state index contributed by atoms with van der Waals surface area (Å²) >= 11 is 0. The Bertz CT molecular complexity index is 1160. The Balaban J connectivity index is 1.42. The molecule has 1 saturated carbocycles. The monoisotopic (exact) mass is 385 g/mol. The lowest BCUT2D eigenvalue weighted by atomic mass is 10.1. The third-order valence-electron chi connectivity index (χ3n) is 5.10. The molecule has 0 spiro atoms. The number of anilines is 1.